The van der Waals surface area contributed by atoms with E-state index in [1.54, 1.807) is 0 Å². The van der Waals surface area contributed by atoms with E-state index in [1.165, 1.54) is 6.07 Å². The van der Waals surface area contributed by atoms with Gasteiger partial charge in [0.2, 0.25) is 23.4 Å². The van der Waals surface area contributed by atoms with Gasteiger partial charge in [-0.05, 0) is 65.6 Å². The fourth-order valence-electron chi connectivity index (χ4n) is 8.48. The molecule has 75 heavy (non-hydrogen) atoms. The van der Waals surface area contributed by atoms with Crippen molar-refractivity contribution in [3.8, 4) is 73.2 Å². The number of nitrogens with zero attached hydrogens (tertiary/aromatic N) is 4. The summed E-state index contributed by atoms with van der Waals surface area (Å²) in [6, 6.07) is 13.6. The maximum Gasteiger partial charge on any atom is 0.238 e. The van der Waals surface area contributed by atoms with Crippen molar-refractivity contribution in [3.63, 3.8) is 0 Å². The second kappa shape index (κ2) is 18.0. The van der Waals surface area contributed by atoms with E-state index in [0.29, 0.717) is 0 Å². The van der Waals surface area contributed by atoms with Gasteiger partial charge in [-0.2, -0.15) is 9.97 Å². The normalized spacial score (nSPS) is 11.7. The predicted octanol–water partition coefficient (Wildman–Crippen LogP) is 15.9. The molecule has 0 fully saturated rings. The van der Waals surface area contributed by atoms with Crippen LogP contribution in [0.2, 0.25) is 0 Å². The van der Waals surface area contributed by atoms with E-state index in [2.05, 4.69) is 15.0 Å². The predicted molar refractivity (Wildman–Crippen MR) is 231 cm³/mol. The lowest BCUT2D eigenvalue weighted by molar-refractivity contribution is 0.381. The van der Waals surface area contributed by atoms with E-state index in [4.69, 9.17) is 0 Å². The molecule has 0 bridgehead atoms. The first-order valence-corrected chi connectivity index (χ1v) is 21.0. The summed E-state index contributed by atoms with van der Waals surface area (Å²) >= 11 is 0. The first-order chi connectivity index (χ1) is 35.5. The average molecular weight is 1060 g/mol. The van der Waals surface area contributed by atoms with Crippen LogP contribution in [0.4, 0.5) is 83.4 Å². The van der Waals surface area contributed by atoms with Crippen molar-refractivity contribution in [1.29, 1.82) is 0 Å². The second-order valence-corrected chi connectivity index (χ2v) is 16.3. The molecular weight excluding hydrogens is 1040 g/mol. The molecule has 8 aromatic carbocycles. The summed E-state index contributed by atoms with van der Waals surface area (Å²) in [7, 11) is 0. The molecule has 23 heteroatoms. The molecule has 2 aromatic heterocycles. The van der Waals surface area contributed by atoms with Crippen molar-refractivity contribution in [3.05, 3.63) is 201 Å². The smallest absolute Gasteiger partial charge is 0.238 e. The first-order valence-electron chi connectivity index (χ1n) is 21.0. The Morgan fingerprint density at radius 1 is 0.280 bits per heavy atom. The molecule has 0 saturated carbocycles. The van der Waals surface area contributed by atoms with E-state index < -0.39 is 178 Å². The fraction of sp³-hybridized carbons (Fsp3) is 0.0192. The van der Waals surface area contributed by atoms with Crippen LogP contribution in [0.5, 0.6) is 0 Å². The third kappa shape index (κ3) is 7.60. The average Bonchev–Trinajstić information content (AvgIpc) is 3.74. The van der Waals surface area contributed by atoms with Gasteiger partial charge in [0.25, 0.3) is 0 Å². The van der Waals surface area contributed by atoms with E-state index in [-0.39, 0.29) is 32.9 Å². The number of benzene rings is 8. The fourth-order valence-corrected chi connectivity index (χ4v) is 8.48. The minimum atomic E-state index is -2.53. The van der Waals surface area contributed by atoms with Crippen molar-refractivity contribution in [2.24, 2.45) is 0 Å². The summed E-state index contributed by atoms with van der Waals surface area (Å²) in [5, 5.41) is -0.703. The van der Waals surface area contributed by atoms with Crippen LogP contribution in [0.3, 0.4) is 0 Å². The van der Waals surface area contributed by atoms with Crippen molar-refractivity contribution < 1.29 is 83.4 Å². The monoisotopic (exact) mass is 1060 g/mol. The summed E-state index contributed by atoms with van der Waals surface area (Å²) in [5.74, 6) is -44.6. The van der Waals surface area contributed by atoms with Crippen molar-refractivity contribution in [2.75, 3.05) is 0 Å². The molecule has 10 aromatic rings. The Balaban J connectivity index is 1.29. The molecular formula is C52H17F19N4. The van der Waals surface area contributed by atoms with E-state index in [1.807, 2.05) is 0 Å². The highest BCUT2D eigenvalue weighted by molar-refractivity contribution is 6.11. The molecule has 378 valence electrons. The quantitative estimate of drug-likeness (QED) is 0.0907. The van der Waals surface area contributed by atoms with Gasteiger partial charge in [0.05, 0.1) is 33.3 Å². The Hall–Kier alpha value is -8.76. The highest BCUT2D eigenvalue weighted by Crippen LogP contribution is 2.42. The molecule has 0 atom stereocenters. The minimum Gasteiger partial charge on any atom is -0.278 e. The van der Waals surface area contributed by atoms with Crippen molar-refractivity contribution in [1.82, 2.24) is 19.5 Å². The lowest BCUT2D eigenvalue weighted by atomic mass is 9.98. The van der Waals surface area contributed by atoms with Crippen LogP contribution in [0.25, 0.3) is 95.0 Å². The molecule has 0 radical (unpaired) electrons. The molecule has 0 saturated heterocycles. The number of fused-ring (bicyclic) bond motifs is 3. The van der Waals surface area contributed by atoms with E-state index in [0.717, 1.165) is 90.4 Å². The van der Waals surface area contributed by atoms with Gasteiger partial charge in [0.15, 0.2) is 98.9 Å². The Kier molecular flexibility index (Phi) is 12.0. The van der Waals surface area contributed by atoms with Crippen LogP contribution < -0.4 is 0 Å². The molecule has 0 aliphatic rings. The van der Waals surface area contributed by atoms with Crippen LogP contribution in [0.15, 0.2) is 84.9 Å². The van der Waals surface area contributed by atoms with Gasteiger partial charge in [-0.3, -0.25) is 4.57 Å². The van der Waals surface area contributed by atoms with Gasteiger partial charge in [0, 0.05) is 27.5 Å². The molecule has 0 aliphatic heterocycles. The van der Waals surface area contributed by atoms with Crippen molar-refractivity contribution in [2.45, 2.75) is 6.92 Å². The van der Waals surface area contributed by atoms with Crippen LogP contribution >= 0.6 is 0 Å². The van der Waals surface area contributed by atoms with Gasteiger partial charge >= 0.3 is 0 Å². The number of aromatic nitrogens is 4. The first kappa shape index (κ1) is 49.8. The Morgan fingerprint density at radius 2 is 0.560 bits per heavy atom. The van der Waals surface area contributed by atoms with E-state index in [9.17, 15) is 48.3 Å². The zero-order valence-corrected chi connectivity index (χ0v) is 36.6. The largest absolute Gasteiger partial charge is 0.278 e. The Bertz CT molecular complexity index is 3780. The van der Waals surface area contributed by atoms with E-state index >= 15 is 35.1 Å². The van der Waals surface area contributed by atoms with Gasteiger partial charge in [-0.15, -0.1) is 0 Å². The van der Waals surface area contributed by atoms with Crippen molar-refractivity contribution >= 4 is 21.8 Å². The standard InChI is InChI=1S/C52H17F19N4/c1-16-31(53)27(33(55)40(62)32(16)54)17-4-2-6-21(12-17)50-72-51(22-7-3-5-18(13-22)28-34(56)41(63)47(69)42(64)35(28)57)74-52(73-50)75-25-10-8-19(29-36(58)43(65)48(70)44(66)37(29)59)14-23(25)24-15-20(9-11-26(24)75)30-38(60)45(67)49(71)46(68)39(30)61/h2-15H,1H3. The third-order valence-corrected chi connectivity index (χ3v) is 12.1. The number of halogens is 19. The van der Waals surface area contributed by atoms with Crippen LogP contribution in [-0.2, 0) is 0 Å². The lowest BCUT2D eigenvalue weighted by Crippen LogP contribution is -2.07. The zero-order chi connectivity index (χ0) is 54.0. The molecule has 0 unspecified atom stereocenters. The summed E-state index contributed by atoms with van der Waals surface area (Å²) in [6.07, 6.45) is 0. The maximum absolute atomic E-state index is 15.5. The molecule has 0 amide bonds. The number of rotatable bonds is 7. The number of hydrogen-bond donors (Lipinski definition) is 0. The highest BCUT2D eigenvalue weighted by atomic mass is 19.2. The Morgan fingerprint density at radius 3 is 0.907 bits per heavy atom. The molecule has 0 spiro atoms. The Labute approximate surface area is 405 Å². The zero-order valence-electron chi connectivity index (χ0n) is 36.6. The van der Waals surface area contributed by atoms with Crippen LogP contribution in [0.1, 0.15) is 5.56 Å². The maximum atomic E-state index is 15.5. The summed E-state index contributed by atoms with van der Waals surface area (Å²) in [6.45, 7) is 0.815. The van der Waals surface area contributed by atoms with Crippen LogP contribution in [0, 0.1) is 117 Å². The molecule has 10 rings (SSSR count). The lowest BCUT2D eigenvalue weighted by Gasteiger charge is -2.14. The molecule has 0 aliphatic carbocycles. The summed E-state index contributed by atoms with van der Waals surface area (Å²) in [5.41, 5.74) is -10.1. The molecule has 2 heterocycles. The van der Waals surface area contributed by atoms with Crippen LogP contribution in [-0.4, -0.2) is 19.5 Å². The second-order valence-electron chi connectivity index (χ2n) is 16.3. The highest BCUT2D eigenvalue weighted by Gasteiger charge is 2.32. The molecule has 4 nitrogen and oxygen atoms in total. The third-order valence-electron chi connectivity index (χ3n) is 12.1. The van der Waals surface area contributed by atoms with Gasteiger partial charge in [-0.25, -0.2) is 88.4 Å². The molecule has 0 N–H and O–H groups in total. The number of hydrogen-bond acceptors (Lipinski definition) is 3. The topological polar surface area (TPSA) is 43.6 Å². The van der Waals surface area contributed by atoms with Gasteiger partial charge in [-0.1, -0.05) is 48.5 Å². The summed E-state index contributed by atoms with van der Waals surface area (Å²) < 4.78 is 282. The summed E-state index contributed by atoms with van der Waals surface area (Å²) in [4.78, 5) is 13.3. The van der Waals surface area contributed by atoms with Gasteiger partial charge < -0.3 is 0 Å². The SMILES string of the molecule is Cc1c(F)c(F)c(F)c(-c2cccc(-c3nc(-c4cccc(-c5c(F)c(F)c(F)c(F)c5F)c4)nc(-n4c5ccc(-c6c(F)c(F)c(F)c(F)c6F)cc5c5cc(-c6c(F)c(F)c(F)c(F)c6F)ccc54)n3)c2)c1F. The van der Waals surface area contributed by atoms with Gasteiger partial charge in [0.1, 0.15) is 5.82 Å². The minimum absolute atomic E-state index is 0.238.